The topological polar surface area (TPSA) is 70.8 Å². The van der Waals surface area contributed by atoms with Crippen LogP contribution in [0.1, 0.15) is 45.2 Å². The van der Waals surface area contributed by atoms with Crippen LogP contribution in [-0.4, -0.2) is 55.7 Å². The Morgan fingerprint density at radius 2 is 1.78 bits per heavy atom. The van der Waals surface area contributed by atoms with Gasteiger partial charge >= 0.3 is 0 Å². The zero-order valence-corrected chi connectivity index (χ0v) is 19.8. The van der Waals surface area contributed by atoms with Crippen LogP contribution in [0, 0.1) is 0 Å². The molecule has 1 saturated heterocycles. The number of hydrogen-bond acceptors (Lipinski definition) is 5. The van der Waals surface area contributed by atoms with Gasteiger partial charge in [-0.15, -0.1) is 0 Å². The Hall–Kier alpha value is -2.57. The van der Waals surface area contributed by atoms with Crippen molar-refractivity contribution in [1.29, 1.82) is 0 Å². The molecule has 2 aliphatic rings. The molecule has 6 nitrogen and oxygen atoms in total. The smallest absolute Gasteiger partial charge is 0.224 e. The van der Waals surface area contributed by atoms with E-state index in [0.29, 0.717) is 12.3 Å². The molecule has 1 fully saturated rings. The highest BCUT2D eigenvalue weighted by atomic mass is 16.5. The van der Waals surface area contributed by atoms with Gasteiger partial charge in [0.05, 0.1) is 0 Å². The maximum Gasteiger partial charge on any atom is 0.224 e. The lowest BCUT2D eigenvalue weighted by Gasteiger charge is -2.51. The molecule has 1 atom stereocenters. The van der Waals surface area contributed by atoms with Crippen LogP contribution in [0.25, 0.3) is 0 Å². The molecule has 2 aromatic rings. The Labute approximate surface area is 191 Å². The van der Waals surface area contributed by atoms with E-state index in [-0.39, 0.29) is 16.9 Å². The fourth-order valence-electron chi connectivity index (χ4n) is 5.56. The van der Waals surface area contributed by atoms with Gasteiger partial charge in [-0.2, -0.15) is 0 Å². The molecular weight excluding hydrogens is 400 g/mol. The van der Waals surface area contributed by atoms with Crippen molar-refractivity contribution < 1.29 is 9.53 Å². The van der Waals surface area contributed by atoms with Gasteiger partial charge < -0.3 is 20.7 Å². The van der Waals surface area contributed by atoms with E-state index in [9.17, 15) is 4.79 Å². The zero-order chi connectivity index (χ0) is 22.9. The number of nitrogen functional groups attached to an aromatic ring is 1. The van der Waals surface area contributed by atoms with Gasteiger partial charge in [-0.05, 0) is 61.7 Å². The molecule has 0 saturated carbocycles. The lowest BCUT2D eigenvalue weighted by molar-refractivity contribution is -0.117. The van der Waals surface area contributed by atoms with Gasteiger partial charge in [0.15, 0.2) is 0 Å². The van der Waals surface area contributed by atoms with Gasteiger partial charge in [-0.3, -0.25) is 9.69 Å². The summed E-state index contributed by atoms with van der Waals surface area (Å²) in [5, 5.41) is 3.38. The van der Waals surface area contributed by atoms with Crippen molar-refractivity contribution in [3.63, 3.8) is 0 Å². The number of fused-ring (bicyclic) bond motifs is 1. The van der Waals surface area contributed by atoms with Crippen LogP contribution in [0.15, 0.2) is 42.5 Å². The van der Waals surface area contributed by atoms with Crippen molar-refractivity contribution >= 4 is 17.3 Å². The number of benzene rings is 2. The van der Waals surface area contributed by atoms with E-state index < -0.39 is 0 Å². The van der Waals surface area contributed by atoms with Gasteiger partial charge in [0.1, 0.15) is 12.4 Å². The van der Waals surface area contributed by atoms with E-state index in [4.69, 9.17) is 10.5 Å². The fraction of sp³-hybridized carbons (Fsp3) is 0.500. The number of rotatable bonds is 5. The molecule has 2 aromatic carbocycles. The molecule has 0 bridgehead atoms. The lowest BCUT2D eigenvalue weighted by atomic mass is 9.65. The first-order chi connectivity index (χ1) is 15.2. The minimum Gasteiger partial charge on any atom is -0.492 e. The maximum absolute atomic E-state index is 12.5. The molecule has 0 aromatic heterocycles. The van der Waals surface area contributed by atoms with Gasteiger partial charge in [-0.25, -0.2) is 0 Å². The Morgan fingerprint density at radius 3 is 2.44 bits per heavy atom. The third kappa shape index (κ3) is 4.34. The second-order valence-corrected chi connectivity index (χ2v) is 9.92. The van der Waals surface area contributed by atoms with Gasteiger partial charge in [0.25, 0.3) is 0 Å². The summed E-state index contributed by atoms with van der Waals surface area (Å²) in [6.07, 6.45) is 0.805. The first-order valence-electron chi connectivity index (χ1n) is 11.6. The van der Waals surface area contributed by atoms with Crippen molar-refractivity contribution in [1.82, 2.24) is 10.2 Å². The first-order valence-corrected chi connectivity index (χ1v) is 11.6. The predicted octanol–water partition coefficient (Wildman–Crippen LogP) is 3.39. The van der Waals surface area contributed by atoms with E-state index >= 15 is 0 Å². The summed E-state index contributed by atoms with van der Waals surface area (Å²) in [7, 11) is 0. The van der Waals surface area contributed by atoms with Crippen LogP contribution in [0.5, 0.6) is 5.75 Å². The summed E-state index contributed by atoms with van der Waals surface area (Å²) in [6, 6.07) is 14.3. The second kappa shape index (κ2) is 8.75. The number of hydrogen-bond donors (Lipinski definition) is 2. The average Bonchev–Trinajstić information content (AvgIpc) is 2.75. The van der Waals surface area contributed by atoms with E-state index in [0.717, 1.165) is 56.1 Å². The molecular formula is C26H36N4O2. The highest BCUT2D eigenvalue weighted by Crippen LogP contribution is 2.51. The van der Waals surface area contributed by atoms with Gasteiger partial charge in [-0.1, -0.05) is 19.1 Å². The molecule has 2 aliphatic heterocycles. The highest BCUT2D eigenvalue weighted by molar-refractivity contribution is 5.95. The fourth-order valence-corrected chi connectivity index (χ4v) is 5.56. The number of nitrogens with two attached hydrogens (primary N) is 1. The number of carbonyl (C=O) groups excluding carboxylic acids is 1. The highest BCUT2D eigenvalue weighted by Gasteiger charge is 2.47. The number of nitrogens with one attached hydrogen (secondary N) is 1. The normalized spacial score (nSPS) is 22.9. The summed E-state index contributed by atoms with van der Waals surface area (Å²) < 4.78 is 6.03. The van der Waals surface area contributed by atoms with Crippen molar-refractivity contribution in [2.24, 2.45) is 0 Å². The number of piperazine rings is 1. The third-order valence-electron chi connectivity index (χ3n) is 6.94. The SMILES string of the molecule is CC(=O)N1c2ccc(N)cc2C(C)(c2ccc(OCCN3CCNCC3)cc2)CC1(C)C. The second-order valence-electron chi connectivity index (χ2n) is 9.92. The standard InChI is InChI=1S/C26H36N4O2/c1-19(31)30-24-10-7-21(27)17-23(24)26(4,18-25(30,2)3)20-5-8-22(9-6-20)32-16-15-29-13-11-28-12-14-29/h5-10,17,28H,11-16,18,27H2,1-4H3. The summed E-state index contributed by atoms with van der Waals surface area (Å²) in [6.45, 7) is 14.1. The molecule has 32 heavy (non-hydrogen) atoms. The predicted molar refractivity (Wildman–Crippen MR) is 130 cm³/mol. The minimum absolute atomic E-state index is 0.0521. The molecule has 4 rings (SSSR count). The molecule has 0 spiro atoms. The Kier molecular flexibility index (Phi) is 6.19. The van der Waals surface area contributed by atoms with Crippen molar-refractivity contribution in [3.8, 4) is 5.75 Å². The molecule has 1 amide bonds. The molecule has 172 valence electrons. The van der Waals surface area contributed by atoms with E-state index in [1.807, 2.05) is 23.1 Å². The van der Waals surface area contributed by atoms with Crippen LogP contribution < -0.4 is 20.7 Å². The third-order valence-corrected chi connectivity index (χ3v) is 6.94. The van der Waals surface area contributed by atoms with Crippen LogP contribution in [-0.2, 0) is 10.2 Å². The molecule has 0 radical (unpaired) electrons. The van der Waals surface area contributed by atoms with Crippen molar-refractivity contribution in [2.75, 3.05) is 50.0 Å². The minimum atomic E-state index is -0.317. The summed E-state index contributed by atoms with van der Waals surface area (Å²) in [5.41, 5.74) is 9.56. The van der Waals surface area contributed by atoms with Crippen molar-refractivity contribution in [2.45, 2.75) is 45.1 Å². The van der Waals surface area contributed by atoms with E-state index in [2.05, 4.69) is 55.3 Å². The molecule has 1 unspecified atom stereocenters. The van der Waals surface area contributed by atoms with Gasteiger partial charge in [0, 0.05) is 62.0 Å². The van der Waals surface area contributed by atoms with E-state index in [1.165, 1.54) is 5.56 Å². The molecule has 6 heteroatoms. The number of nitrogens with zero attached hydrogens (tertiary/aromatic N) is 2. The van der Waals surface area contributed by atoms with Crippen LogP contribution in [0.3, 0.4) is 0 Å². The summed E-state index contributed by atoms with van der Waals surface area (Å²) in [5.74, 6) is 0.942. The zero-order valence-electron chi connectivity index (χ0n) is 19.8. The summed E-state index contributed by atoms with van der Waals surface area (Å²) >= 11 is 0. The maximum atomic E-state index is 12.5. The van der Waals surface area contributed by atoms with E-state index in [1.54, 1.807) is 6.92 Å². The number of anilines is 2. The monoisotopic (exact) mass is 436 g/mol. The Bertz CT molecular complexity index is 966. The summed E-state index contributed by atoms with van der Waals surface area (Å²) in [4.78, 5) is 16.9. The largest absolute Gasteiger partial charge is 0.492 e. The molecule has 2 heterocycles. The quantitative estimate of drug-likeness (QED) is 0.703. The molecule has 3 N–H and O–H groups in total. The number of ether oxygens (including phenoxy) is 1. The number of amides is 1. The molecule has 0 aliphatic carbocycles. The number of carbonyl (C=O) groups is 1. The Balaban J connectivity index is 1.57. The van der Waals surface area contributed by atoms with Gasteiger partial charge in [0.2, 0.25) is 5.91 Å². The average molecular weight is 437 g/mol. The first kappa shape index (κ1) is 22.6. The van der Waals surface area contributed by atoms with Crippen LogP contribution in [0.2, 0.25) is 0 Å². The Morgan fingerprint density at radius 1 is 1.09 bits per heavy atom. The van der Waals surface area contributed by atoms with Crippen LogP contribution in [0.4, 0.5) is 11.4 Å². The van der Waals surface area contributed by atoms with Crippen LogP contribution >= 0.6 is 0 Å². The lowest BCUT2D eigenvalue weighted by Crippen LogP contribution is -2.55. The van der Waals surface area contributed by atoms with Crippen molar-refractivity contribution in [3.05, 3.63) is 53.6 Å².